The first-order valence-corrected chi connectivity index (χ1v) is 5.09. The number of nitrogens with two attached hydrogens (primary N) is 1. The van der Waals surface area contributed by atoms with Crippen LogP contribution in [-0.2, 0) is 4.74 Å². The standard InChI is InChI=1S/C8H11BN4O5/c9-6-11-7(10)12-8(17)13(6)5-4(16)3(15)2(1-14)18-5/h2-5,14-16H,1H2,(H2,10,12,17)/t2?,3?,4-,5+/m0/s1. The molecule has 1 saturated heterocycles. The zero-order chi connectivity index (χ0) is 13.4. The maximum Gasteiger partial charge on any atom is 0.353 e. The second kappa shape index (κ2) is 4.65. The van der Waals surface area contributed by atoms with E-state index in [2.05, 4.69) is 9.97 Å². The van der Waals surface area contributed by atoms with Crippen LogP contribution in [0.3, 0.4) is 0 Å². The fourth-order valence-corrected chi connectivity index (χ4v) is 1.78. The lowest BCUT2D eigenvalue weighted by molar-refractivity contribution is -0.0537. The number of aliphatic hydroxyl groups excluding tert-OH is 3. The largest absolute Gasteiger partial charge is 0.394 e. The summed E-state index contributed by atoms with van der Waals surface area (Å²) in [6.07, 6.45) is -5.07. The molecule has 10 heteroatoms. The van der Waals surface area contributed by atoms with Gasteiger partial charge in [-0.15, -0.1) is 0 Å². The van der Waals surface area contributed by atoms with Crippen molar-refractivity contribution in [3.8, 4) is 0 Å². The predicted molar refractivity (Wildman–Crippen MR) is 59.1 cm³/mol. The number of aromatic nitrogens is 3. The number of nitrogens with zero attached hydrogens (tertiary/aromatic N) is 3. The molecule has 2 unspecified atom stereocenters. The van der Waals surface area contributed by atoms with Crippen LogP contribution in [0.2, 0.25) is 0 Å². The Bertz CT molecular complexity index is 509. The summed E-state index contributed by atoms with van der Waals surface area (Å²) < 4.78 is 5.90. The number of hydrogen-bond acceptors (Lipinski definition) is 8. The molecule has 0 aliphatic carbocycles. The molecule has 2 heterocycles. The molecule has 4 atom stereocenters. The molecule has 9 nitrogen and oxygen atoms in total. The van der Waals surface area contributed by atoms with Gasteiger partial charge in [0.1, 0.15) is 18.3 Å². The van der Waals surface area contributed by atoms with Gasteiger partial charge in [-0.25, -0.2) is 9.78 Å². The van der Waals surface area contributed by atoms with Crippen LogP contribution < -0.4 is 17.1 Å². The molecule has 1 fully saturated rings. The minimum Gasteiger partial charge on any atom is -0.394 e. The third-order valence-electron chi connectivity index (χ3n) is 2.66. The molecule has 0 saturated carbocycles. The van der Waals surface area contributed by atoms with Crippen LogP contribution in [0.4, 0.5) is 5.95 Å². The van der Waals surface area contributed by atoms with Gasteiger partial charge in [-0.3, -0.25) is 4.57 Å². The molecule has 0 spiro atoms. The van der Waals surface area contributed by atoms with Crippen molar-refractivity contribution in [1.29, 1.82) is 0 Å². The number of rotatable bonds is 2. The highest BCUT2D eigenvalue weighted by molar-refractivity contribution is 6.29. The smallest absolute Gasteiger partial charge is 0.353 e. The monoisotopic (exact) mass is 254 g/mol. The summed E-state index contributed by atoms with van der Waals surface area (Å²) in [5.74, 6) is -0.305. The summed E-state index contributed by atoms with van der Waals surface area (Å²) >= 11 is 0. The Hall–Kier alpha value is -1.49. The van der Waals surface area contributed by atoms with E-state index < -0.39 is 36.8 Å². The molecule has 2 radical (unpaired) electrons. The maximum atomic E-state index is 11.6. The lowest BCUT2D eigenvalue weighted by atomic mass is 10.1. The molecule has 0 bridgehead atoms. The molecule has 1 aromatic rings. The van der Waals surface area contributed by atoms with E-state index in [-0.39, 0.29) is 11.7 Å². The highest BCUT2D eigenvalue weighted by Gasteiger charge is 2.44. The summed E-state index contributed by atoms with van der Waals surface area (Å²) in [5, 5.41) is 28.2. The lowest BCUT2D eigenvalue weighted by Gasteiger charge is -2.19. The number of hydrogen-bond donors (Lipinski definition) is 4. The van der Waals surface area contributed by atoms with Crippen molar-refractivity contribution in [2.75, 3.05) is 12.3 Å². The second-order valence-electron chi connectivity index (χ2n) is 3.82. The van der Waals surface area contributed by atoms with Gasteiger partial charge in [0.2, 0.25) is 5.95 Å². The first-order chi connectivity index (χ1) is 8.45. The van der Waals surface area contributed by atoms with Gasteiger partial charge in [0, 0.05) is 0 Å². The summed E-state index contributed by atoms with van der Waals surface area (Å²) in [4.78, 5) is 18.5. The van der Waals surface area contributed by atoms with Crippen molar-refractivity contribution in [3.05, 3.63) is 10.5 Å². The summed E-state index contributed by atoms with van der Waals surface area (Å²) in [6.45, 7) is -0.515. The van der Waals surface area contributed by atoms with Gasteiger partial charge < -0.3 is 25.8 Å². The van der Waals surface area contributed by atoms with Gasteiger partial charge >= 0.3 is 5.69 Å². The van der Waals surface area contributed by atoms with Crippen LogP contribution in [0, 0.1) is 0 Å². The van der Waals surface area contributed by atoms with Crippen molar-refractivity contribution >= 4 is 19.5 Å². The van der Waals surface area contributed by atoms with Crippen LogP contribution >= 0.6 is 0 Å². The van der Waals surface area contributed by atoms with E-state index in [0.717, 1.165) is 4.57 Å². The topological polar surface area (TPSA) is 144 Å². The van der Waals surface area contributed by atoms with Crippen molar-refractivity contribution < 1.29 is 20.1 Å². The number of anilines is 1. The first-order valence-electron chi connectivity index (χ1n) is 5.09. The minimum atomic E-state index is -1.44. The van der Waals surface area contributed by atoms with E-state index in [9.17, 15) is 15.0 Å². The Morgan fingerprint density at radius 2 is 2.06 bits per heavy atom. The first kappa shape index (κ1) is 13.0. The SMILES string of the molecule is [B]c1nc(N)nc(=O)n1[C@@H]1OC(CO)C(O)[C@@H]1O. The summed E-state index contributed by atoms with van der Waals surface area (Å²) in [5.41, 5.74) is 4.06. The van der Waals surface area contributed by atoms with Gasteiger partial charge in [-0.05, 0) is 0 Å². The number of nitrogen functional groups attached to an aromatic ring is 1. The van der Waals surface area contributed by atoms with E-state index in [0.29, 0.717) is 0 Å². The fraction of sp³-hybridized carbons (Fsp3) is 0.625. The average molecular weight is 254 g/mol. The van der Waals surface area contributed by atoms with Gasteiger partial charge in [0.15, 0.2) is 14.1 Å². The van der Waals surface area contributed by atoms with E-state index >= 15 is 0 Å². The molecule has 2 rings (SSSR count). The molecule has 1 aromatic heterocycles. The molecule has 5 N–H and O–H groups in total. The maximum absolute atomic E-state index is 11.6. The Morgan fingerprint density at radius 3 is 2.56 bits per heavy atom. The van der Waals surface area contributed by atoms with E-state index in [1.807, 2.05) is 0 Å². The van der Waals surface area contributed by atoms with Crippen molar-refractivity contribution in [2.24, 2.45) is 0 Å². The summed E-state index contributed by atoms with van der Waals surface area (Å²) in [6, 6.07) is 0. The molecule has 0 amide bonds. The van der Waals surface area contributed by atoms with Crippen molar-refractivity contribution in [1.82, 2.24) is 14.5 Å². The number of aliphatic hydroxyl groups is 3. The van der Waals surface area contributed by atoms with E-state index in [1.54, 1.807) is 0 Å². The van der Waals surface area contributed by atoms with Gasteiger partial charge in [-0.2, -0.15) is 4.98 Å². The molecule has 1 aliphatic rings. The van der Waals surface area contributed by atoms with Crippen LogP contribution in [0.15, 0.2) is 4.79 Å². The van der Waals surface area contributed by atoms with Gasteiger partial charge in [0.05, 0.1) is 12.3 Å². The highest BCUT2D eigenvalue weighted by atomic mass is 16.6. The average Bonchev–Trinajstić information content (AvgIpc) is 2.56. The van der Waals surface area contributed by atoms with Gasteiger partial charge in [0.25, 0.3) is 0 Å². The van der Waals surface area contributed by atoms with Crippen LogP contribution in [0.5, 0.6) is 0 Å². The fourth-order valence-electron chi connectivity index (χ4n) is 1.78. The molecular formula is C8H11BN4O5. The molecular weight excluding hydrogens is 243 g/mol. The Morgan fingerprint density at radius 1 is 1.39 bits per heavy atom. The molecule has 96 valence electrons. The van der Waals surface area contributed by atoms with Crippen molar-refractivity contribution in [2.45, 2.75) is 24.5 Å². The third-order valence-corrected chi connectivity index (χ3v) is 2.66. The van der Waals surface area contributed by atoms with Gasteiger partial charge in [-0.1, -0.05) is 0 Å². The lowest BCUT2D eigenvalue weighted by Crippen LogP contribution is -2.44. The van der Waals surface area contributed by atoms with E-state index in [1.165, 1.54) is 0 Å². The van der Waals surface area contributed by atoms with E-state index in [4.69, 9.17) is 23.4 Å². The molecule has 0 aromatic carbocycles. The highest BCUT2D eigenvalue weighted by Crippen LogP contribution is 2.27. The predicted octanol–water partition coefficient (Wildman–Crippen LogP) is -4.37. The number of ether oxygens (including phenoxy) is 1. The quantitative estimate of drug-likeness (QED) is 0.387. The Balaban J connectivity index is 2.42. The Labute approximate surface area is 102 Å². The Kier molecular flexibility index (Phi) is 3.35. The minimum absolute atomic E-state index is 0.303. The summed E-state index contributed by atoms with van der Waals surface area (Å²) in [7, 11) is 5.49. The van der Waals surface area contributed by atoms with Crippen LogP contribution in [0.25, 0.3) is 0 Å². The molecule has 18 heavy (non-hydrogen) atoms. The normalized spacial score (nSPS) is 31.7. The molecule has 1 aliphatic heterocycles. The van der Waals surface area contributed by atoms with Crippen LogP contribution in [0.1, 0.15) is 6.23 Å². The zero-order valence-electron chi connectivity index (χ0n) is 9.17. The third kappa shape index (κ3) is 1.99. The van der Waals surface area contributed by atoms with Crippen LogP contribution in [-0.4, -0.2) is 62.6 Å². The van der Waals surface area contributed by atoms with Crippen molar-refractivity contribution in [3.63, 3.8) is 0 Å². The zero-order valence-corrected chi connectivity index (χ0v) is 9.17. The second-order valence-corrected chi connectivity index (χ2v) is 3.82.